The van der Waals surface area contributed by atoms with Gasteiger partial charge in [-0.1, -0.05) is 100 Å². The van der Waals surface area contributed by atoms with E-state index in [1.807, 2.05) is 33.3 Å². The predicted molar refractivity (Wildman–Crippen MR) is 192 cm³/mol. The molecule has 0 fully saturated rings. The number of carbonyl (C=O) groups excluding carboxylic acids is 2. The van der Waals surface area contributed by atoms with Crippen LogP contribution < -0.4 is 0 Å². The predicted octanol–water partition coefficient (Wildman–Crippen LogP) is 8.68. The molecule has 0 aliphatic rings. The van der Waals surface area contributed by atoms with Crippen molar-refractivity contribution in [2.75, 3.05) is 41.0 Å². The summed E-state index contributed by atoms with van der Waals surface area (Å²) in [5.41, 5.74) is 0. The van der Waals surface area contributed by atoms with Crippen molar-refractivity contribution in [3.05, 3.63) is 60.8 Å². The number of rotatable bonds is 30. The molecular weight excluding hydrogens is 594 g/mol. The monoisotopic (exact) mass is 660 g/mol. The first-order valence-corrected chi connectivity index (χ1v) is 17.8. The summed E-state index contributed by atoms with van der Waals surface area (Å²) in [6, 6.07) is -0.625. The minimum atomic E-state index is -0.890. The van der Waals surface area contributed by atoms with E-state index in [1.54, 1.807) is 0 Å². The van der Waals surface area contributed by atoms with Crippen LogP contribution in [-0.2, 0) is 28.6 Å². The highest BCUT2D eigenvalue weighted by molar-refractivity contribution is 5.72. The summed E-state index contributed by atoms with van der Waals surface area (Å²) in [4.78, 5) is 36.5. The fraction of sp³-hybridized carbons (Fsp3) is 0.667. The Labute approximate surface area is 286 Å². The molecule has 0 bridgehead atoms. The topological polar surface area (TPSA) is 99.1 Å². The van der Waals surface area contributed by atoms with Gasteiger partial charge < -0.3 is 23.8 Å². The molecule has 0 saturated heterocycles. The molecule has 0 aliphatic heterocycles. The summed E-state index contributed by atoms with van der Waals surface area (Å²) in [5.74, 6) is -1.59. The summed E-state index contributed by atoms with van der Waals surface area (Å²) < 4.78 is 17.0. The Kier molecular flexibility index (Phi) is 28.4. The average molecular weight is 661 g/mol. The van der Waals surface area contributed by atoms with Crippen LogP contribution in [0.3, 0.4) is 0 Å². The third-order valence-corrected chi connectivity index (χ3v) is 7.43. The highest BCUT2D eigenvalue weighted by atomic mass is 16.6. The maximum Gasteiger partial charge on any atom is 0.362 e. The van der Waals surface area contributed by atoms with E-state index in [0.29, 0.717) is 19.3 Å². The van der Waals surface area contributed by atoms with Crippen LogP contribution >= 0.6 is 0 Å². The summed E-state index contributed by atoms with van der Waals surface area (Å²) in [5, 5.41) is 9.54. The molecule has 0 amide bonds. The normalized spacial score (nSPS) is 13.8. The number of unbranched alkanes of at least 4 members (excludes halogenated alkanes) is 6. The SMILES string of the molecule is CC/C=C/C/C=C/C/C=C/CCCCCCCCC(=O)OCC(COCCC(C(=O)O)[N+](C)(C)C)OC(=O)CC/C=C/C/C=C/CC. The number of hydrogen-bond donors (Lipinski definition) is 1. The Morgan fingerprint density at radius 2 is 1.17 bits per heavy atom. The van der Waals surface area contributed by atoms with E-state index in [0.717, 1.165) is 64.2 Å². The highest BCUT2D eigenvalue weighted by Gasteiger charge is 2.31. The first-order valence-electron chi connectivity index (χ1n) is 17.8. The van der Waals surface area contributed by atoms with Gasteiger partial charge in [-0.2, -0.15) is 0 Å². The number of nitrogens with zero attached hydrogens (tertiary/aromatic N) is 1. The van der Waals surface area contributed by atoms with Gasteiger partial charge in [0, 0.05) is 19.3 Å². The number of likely N-dealkylation sites (N-methyl/N-ethyl adjacent to an activating group) is 1. The zero-order valence-corrected chi connectivity index (χ0v) is 30.2. The van der Waals surface area contributed by atoms with Gasteiger partial charge in [-0.15, -0.1) is 0 Å². The molecule has 268 valence electrons. The average Bonchev–Trinajstić information content (AvgIpc) is 3.01. The van der Waals surface area contributed by atoms with Crippen molar-refractivity contribution < 1.29 is 38.2 Å². The van der Waals surface area contributed by atoms with E-state index in [9.17, 15) is 19.5 Å². The number of quaternary nitrogens is 1. The van der Waals surface area contributed by atoms with Crippen molar-refractivity contribution in [3.63, 3.8) is 0 Å². The standard InChI is InChI=1S/C39H65NO7/c1-6-8-10-12-14-15-16-17-18-19-20-21-22-24-25-27-29-37(41)46-34-35(33-45-32-31-36(39(43)44)40(3,4)5)47-38(42)30-28-26-23-13-11-9-7-2/h8-11,14-15,17-18,23,26,35-36H,6-7,12-13,16,19-22,24-25,27-34H2,1-5H3/p+1/b10-8+,11-9+,15-14+,18-17+,26-23+. The molecule has 0 aromatic rings. The molecule has 0 spiro atoms. The van der Waals surface area contributed by atoms with Gasteiger partial charge in [0.1, 0.15) is 6.61 Å². The molecule has 0 radical (unpaired) electrons. The second-order valence-electron chi connectivity index (χ2n) is 12.7. The van der Waals surface area contributed by atoms with E-state index in [-0.39, 0.29) is 42.7 Å². The fourth-order valence-corrected chi connectivity index (χ4v) is 4.69. The lowest BCUT2D eigenvalue weighted by Gasteiger charge is -2.31. The van der Waals surface area contributed by atoms with Crippen LogP contribution in [0, 0.1) is 0 Å². The maximum atomic E-state index is 12.5. The van der Waals surface area contributed by atoms with E-state index in [4.69, 9.17) is 14.2 Å². The van der Waals surface area contributed by atoms with Gasteiger partial charge in [-0.05, 0) is 57.8 Å². The van der Waals surface area contributed by atoms with Gasteiger partial charge in [-0.3, -0.25) is 9.59 Å². The maximum absolute atomic E-state index is 12.5. The van der Waals surface area contributed by atoms with Crippen LogP contribution in [0.5, 0.6) is 0 Å². The minimum Gasteiger partial charge on any atom is -0.477 e. The van der Waals surface area contributed by atoms with Crippen LogP contribution in [0.4, 0.5) is 0 Å². The lowest BCUT2D eigenvalue weighted by molar-refractivity contribution is -0.887. The van der Waals surface area contributed by atoms with Crippen LogP contribution in [-0.4, -0.2) is 80.6 Å². The number of carboxylic acids is 1. The Hall–Kier alpha value is -2.97. The highest BCUT2D eigenvalue weighted by Crippen LogP contribution is 2.12. The molecular formula is C39H66NO7+. The van der Waals surface area contributed by atoms with Gasteiger partial charge in [-0.25, -0.2) is 4.79 Å². The first kappa shape index (κ1) is 44.0. The first-order chi connectivity index (χ1) is 22.6. The molecule has 0 aliphatic carbocycles. The quantitative estimate of drug-likeness (QED) is 0.0356. The Bertz CT molecular complexity index is 959. The summed E-state index contributed by atoms with van der Waals surface area (Å²) in [6.45, 7) is 4.36. The number of ether oxygens (including phenoxy) is 3. The second kappa shape index (κ2) is 30.4. The van der Waals surface area contributed by atoms with Gasteiger partial charge >= 0.3 is 17.9 Å². The Balaban J connectivity index is 4.42. The zero-order chi connectivity index (χ0) is 35.0. The Morgan fingerprint density at radius 1 is 0.638 bits per heavy atom. The van der Waals surface area contributed by atoms with Crippen molar-refractivity contribution >= 4 is 17.9 Å². The molecule has 0 saturated carbocycles. The minimum absolute atomic E-state index is 0.0304. The van der Waals surface area contributed by atoms with Crippen molar-refractivity contribution in [1.82, 2.24) is 0 Å². The van der Waals surface area contributed by atoms with Gasteiger partial charge in [0.25, 0.3) is 0 Å². The van der Waals surface area contributed by atoms with Crippen molar-refractivity contribution in [3.8, 4) is 0 Å². The molecule has 0 aromatic carbocycles. The molecule has 47 heavy (non-hydrogen) atoms. The summed E-state index contributed by atoms with van der Waals surface area (Å²) in [6.07, 6.45) is 34.5. The van der Waals surface area contributed by atoms with E-state index in [1.165, 1.54) is 12.8 Å². The fourth-order valence-electron chi connectivity index (χ4n) is 4.69. The summed E-state index contributed by atoms with van der Waals surface area (Å²) >= 11 is 0. The molecule has 8 nitrogen and oxygen atoms in total. The van der Waals surface area contributed by atoms with Gasteiger partial charge in [0.05, 0.1) is 34.4 Å². The molecule has 0 rings (SSSR count). The largest absolute Gasteiger partial charge is 0.477 e. The van der Waals surface area contributed by atoms with Gasteiger partial charge in [0.2, 0.25) is 0 Å². The van der Waals surface area contributed by atoms with E-state index < -0.39 is 18.1 Å². The molecule has 2 atom stereocenters. The summed E-state index contributed by atoms with van der Waals surface area (Å²) in [7, 11) is 5.47. The van der Waals surface area contributed by atoms with Crippen molar-refractivity contribution in [1.29, 1.82) is 0 Å². The number of aliphatic carboxylic acids is 1. The molecule has 1 N–H and O–H groups in total. The van der Waals surface area contributed by atoms with Crippen LogP contribution in [0.15, 0.2) is 60.8 Å². The van der Waals surface area contributed by atoms with E-state index in [2.05, 4.69) is 62.5 Å². The number of esters is 2. The third kappa shape index (κ3) is 28.9. The number of hydrogen-bond acceptors (Lipinski definition) is 6. The second-order valence-corrected chi connectivity index (χ2v) is 12.7. The Morgan fingerprint density at radius 3 is 1.74 bits per heavy atom. The van der Waals surface area contributed by atoms with Crippen LogP contribution in [0.1, 0.15) is 117 Å². The molecule has 0 heterocycles. The lowest BCUT2D eigenvalue weighted by Crippen LogP contribution is -2.50. The number of allylic oxidation sites excluding steroid dienone is 10. The van der Waals surface area contributed by atoms with Crippen molar-refractivity contribution in [2.24, 2.45) is 0 Å². The number of carbonyl (C=O) groups is 3. The zero-order valence-electron chi connectivity index (χ0n) is 30.2. The van der Waals surface area contributed by atoms with Crippen LogP contribution in [0.2, 0.25) is 0 Å². The molecule has 8 heteroatoms. The van der Waals surface area contributed by atoms with Gasteiger partial charge in [0.15, 0.2) is 12.1 Å². The number of carboxylic acid groups (broad SMARTS) is 1. The van der Waals surface area contributed by atoms with Crippen LogP contribution in [0.25, 0.3) is 0 Å². The molecule has 0 aromatic heterocycles. The lowest BCUT2D eigenvalue weighted by atomic mass is 10.1. The third-order valence-electron chi connectivity index (χ3n) is 7.43. The smallest absolute Gasteiger partial charge is 0.362 e. The van der Waals surface area contributed by atoms with Crippen molar-refractivity contribution in [2.45, 2.75) is 129 Å². The molecule has 2 unspecified atom stereocenters. The van der Waals surface area contributed by atoms with E-state index >= 15 is 0 Å².